The number of allylic oxidation sites excluding steroid dienone is 2. The molecule has 11 nitrogen and oxygen atoms in total. The fraction of sp³-hybridized carbons (Fsp3) is 0.264. The van der Waals surface area contributed by atoms with Crippen molar-refractivity contribution in [3.63, 3.8) is 0 Å². The molecule has 10 aromatic rings. The first-order chi connectivity index (χ1) is 49.0. The second-order valence-electron chi connectivity index (χ2n) is 29.0. The van der Waals surface area contributed by atoms with Gasteiger partial charge in [0.05, 0.1) is 50.9 Å². The molecule has 0 saturated carbocycles. The van der Waals surface area contributed by atoms with Gasteiger partial charge in [-0.2, -0.15) is 0 Å². The van der Waals surface area contributed by atoms with Crippen LogP contribution < -0.4 is 44.1 Å². The molecule has 0 bridgehead atoms. The number of para-hydroxylation sites is 10. The van der Waals surface area contributed by atoms with Gasteiger partial charge in [-0.05, 0) is 177 Å². The number of halogens is 2. The Morgan fingerprint density at radius 1 is 0.307 bits per heavy atom. The molecule has 510 valence electrons. The van der Waals surface area contributed by atoms with E-state index in [2.05, 4.69) is 301 Å². The Kier molecular flexibility index (Phi) is 15.9. The minimum Gasteiger partial charge on any atom is -0.356 e. The molecule has 12 heterocycles. The quantitative estimate of drug-likeness (QED) is 0.145. The highest BCUT2D eigenvalue weighted by Gasteiger charge is 2.45. The van der Waals surface area contributed by atoms with Crippen molar-refractivity contribution in [1.82, 2.24) is 9.80 Å². The molecule has 0 amide bonds. The lowest BCUT2D eigenvalue weighted by Crippen LogP contribution is -2.36. The van der Waals surface area contributed by atoms with E-state index in [0.29, 0.717) is 47.7 Å². The Hall–Kier alpha value is -10.3. The van der Waals surface area contributed by atoms with Gasteiger partial charge in [0.15, 0.2) is 0 Å². The summed E-state index contributed by atoms with van der Waals surface area (Å²) in [4.78, 5) is 27.3. The SMILES string of the molecule is CC1=CN2c3cc(C)cc(C)c3CC2N1C.CC1=CN2c3ccccc3CC2N1C.CN1c2ccccc2N2c3cc(F)cc(F)c3CC12.CN1c2ccccc2N2c3ccccc3CC12.Cc1cc(C)c2c(c1)N1c3ccccc3N(C)C1C2.c1ccc2c(c1)CC1Sc3ccccc3N21. The van der Waals surface area contributed by atoms with Crippen LogP contribution in [0.2, 0.25) is 0 Å². The predicted molar refractivity (Wildman–Crippen MR) is 416 cm³/mol. The molecule has 0 saturated heterocycles. The summed E-state index contributed by atoms with van der Waals surface area (Å²) in [6.45, 7) is 13.2. The average Bonchev–Trinajstić information content (AvgIpc) is 1.58. The monoisotopic (exact) mass is 1360 g/mol. The van der Waals surface area contributed by atoms with Crippen LogP contribution in [0.25, 0.3) is 0 Å². The topological polar surface area (TPSA) is 35.6 Å². The Morgan fingerprint density at radius 2 is 0.673 bits per heavy atom. The van der Waals surface area contributed by atoms with E-state index in [4.69, 9.17) is 0 Å². The zero-order chi connectivity index (χ0) is 69.4. The summed E-state index contributed by atoms with van der Waals surface area (Å²) in [5, 5.41) is 0.579. The Balaban J connectivity index is 0.0000000906. The number of hydrogen-bond donors (Lipinski definition) is 0. The fourth-order valence-corrected chi connectivity index (χ4v) is 19.2. The van der Waals surface area contributed by atoms with Crippen LogP contribution in [0.15, 0.2) is 235 Å². The highest BCUT2D eigenvalue weighted by Crippen LogP contribution is 2.55. The van der Waals surface area contributed by atoms with Gasteiger partial charge in [-0.1, -0.05) is 127 Å². The fourth-order valence-electron chi connectivity index (χ4n) is 17.8. The molecule has 12 aliphatic heterocycles. The first-order valence-corrected chi connectivity index (χ1v) is 36.5. The van der Waals surface area contributed by atoms with Gasteiger partial charge < -0.3 is 53.9 Å². The van der Waals surface area contributed by atoms with E-state index in [-0.39, 0.29) is 6.17 Å². The van der Waals surface area contributed by atoms with Crippen molar-refractivity contribution < 1.29 is 8.78 Å². The summed E-state index contributed by atoms with van der Waals surface area (Å²) < 4.78 is 27.3. The molecule has 6 atom stereocenters. The van der Waals surface area contributed by atoms with Crippen molar-refractivity contribution in [1.29, 1.82) is 0 Å². The lowest BCUT2D eigenvalue weighted by Gasteiger charge is -2.24. The third kappa shape index (κ3) is 10.6. The van der Waals surface area contributed by atoms with Crippen LogP contribution in [0.1, 0.15) is 69.5 Å². The smallest absolute Gasteiger partial charge is 0.131 e. The van der Waals surface area contributed by atoms with Gasteiger partial charge in [-0.25, -0.2) is 8.78 Å². The van der Waals surface area contributed by atoms with Crippen LogP contribution >= 0.6 is 11.8 Å². The summed E-state index contributed by atoms with van der Waals surface area (Å²) in [6, 6.07) is 71.8. The molecule has 0 aliphatic carbocycles. The maximum absolute atomic E-state index is 13.9. The number of rotatable bonds is 0. The molecule has 101 heavy (non-hydrogen) atoms. The van der Waals surface area contributed by atoms with Crippen LogP contribution in [-0.4, -0.2) is 81.2 Å². The standard InChI is InChI=1S/C17H18N2.C15H12F2N2.C15H14N2.C14H18N2.C14H11NS.C12H14N2/c1-11-8-12(2)13-10-17-18(3)14-6-4-5-7-15(14)19(17)16(13)9-11;1-18-12-4-2-3-5-13(12)19-14-7-9(16)6-11(17)10(14)8-15(18)19;1-16-13-8-4-5-9-14(13)17-12-7-3-2-6-11(12)10-15(16)17;1-9-5-10(2)12-7-14-15(4)11(3)8-16(14)13(12)6-9;1-2-6-11-10(5-1)9-14-15(11)12-7-3-4-8-13(12)16-14;1-9-8-14-11-6-4-3-5-10(11)7-12(14)13(9)2/h4-9,17H,10H2,1-3H3;2-7,15H,8H2,1H3;2-9,15H,10H2,1H3;5-6,8,14H,7H2,1-4H3;1-8,14H,9H2;3-6,8,12H,7H2,1-2H3. The number of nitrogens with zero attached hydrogens (tertiary/aromatic N) is 11. The van der Waals surface area contributed by atoms with Gasteiger partial charge in [-0.3, -0.25) is 0 Å². The lowest BCUT2D eigenvalue weighted by atomic mass is 10.0. The van der Waals surface area contributed by atoms with Crippen LogP contribution in [0.4, 0.5) is 82.7 Å². The number of aryl methyl sites for hydroxylation is 4. The summed E-state index contributed by atoms with van der Waals surface area (Å²) in [5.41, 5.74) is 32.8. The van der Waals surface area contributed by atoms with Crippen LogP contribution in [0.3, 0.4) is 0 Å². The second kappa shape index (κ2) is 25.1. The van der Waals surface area contributed by atoms with E-state index in [9.17, 15) is 8.78 Å². The Labute approximate surface area is 598 Å². The minimum atomic E-state index is -0.524. The van der Waals surface area contributed by atoms with E-state index >= 15 is 0 Å². The highest BCUT2D eigenvalue weighted by molar-refractivity contribution is 8.00. The second-order valence-corrected chi connectivity index (χ2v) is 30.2. The molecule has 0 N–H and O–H groups in total. The van der Waals surface area contributed by atoms with Crippen molar-refractivity contribution in [2.24, 2.45) is 0 Å². The van der Waals surface area contributed by atoms with Gasteiger partial charge in [0.2, 0.25) is 0 Å². The van der Waals surface area contributed by atoms with Crippen LogP contribution in [0, 0.1) is 39.3 Å². The summed E-state index contributed by atoms with van der Waals surface area (Å²) in [7, 11) is 10.7. The first kappa shape index (κ1) is 64.1. The molecule has 0 fully saturated rings. The molecular formula is C87H87F2N11S. The zero-order valence-electron chi connectivity index (χ0n) is 59.6. The van der Waals surface area contributed by atoms with Gasteiger partial charge in [-0.15, -0.1) is 0 Å². The predicted octanol–water partition coefficient (Wildman–Crippen LogP) is 19.2. The average molecular weight is 1360 g/mol. The van der Waals surface area contributed by atoms with E-state index in [1.54, 1.807) is 0 Å². The number of benzene rings is 10. The van der Waals surface area contributed by atoms with Crippen molar-refractivity contribution in [2.45, 2.75) is 121 Å². The molecule has 0 radical (unpaired) electrons. The van der Waals surface area contributed by atoms with E-state index in [1.807, 2.05) is 48.0 Å². The van der Waals surface area contributed by atoms with Crippen LogP contribution in [-0.2, 0) is 38.5 Å². The minimum absolute atomic E-state index is 0.0451. The number of fused-ring (bicyclic) bond motifs is 26. The van der Waals surface area contributed by atoms with Gasteiger partial charge in [0.1, 0.15) is 42.5 Å². The molecule has 14 heteroatoms. The largest absolute Gasteiger partial charge is 0.356 e. The summed E-state index contributed by atoms with van der Waals surface area (Å²) >= 11 is 1.99. The number of thioether (sulfide) groups is 1. The van der Waals surface area contributed by atoms with Crippen molar-refractivity contribution in [3.8, 4) is 0 Å². The number of likely N-dealkylation sites (N-methyl/N-ethyl adjacent to an activating group) is 5. The summed E-state index contributed by atoms with van der Waals surface area (Å²) in [5.74, 6) is -0.973. The maximum Gasteiger partial charge on any atom is 0.131 e. The third-order valence-corrected chi connectivity index (χ3v) is 24.3. The lowest BCUT2D eigenvalue weighted by molar-refractivity contribution is 0.344. The first-order valence-electron chi connectivity index (χ1n) is 35.7. The third-order valence-electron chi connectivity index (χ3n) is 23.0. The Morgan fingerprint density at radius 3 is 1.23 bits per heavy atom. The normalized spacial score (nSPS) is 20.7. The maximum atomic E-state index is 13.9. The highest BCUT2D eigenvalue weighted by atomic mass is 32.2. The zero-order valence-corrected chi connectivity index (χ0v) is 60.4. The molecular weight excluding hydrogens is 1270 g/mol. The molecule has 22 rings (SSSR count). The molecule has 6 unspecified atom stereocenters. The van der Waals surface area contributed by atoms with E-state index < -0.39 is 11.6 Å². The van der Waals surface area contributed by atoms with Gasteiger partial charge >= 0.3 is 0 Å². The van der Waals surface area contributed by atoms with E-state index in [1.165, 1.54) is 129 Å². The molecule has 0 spiro atoms. The van der Waals surface area contributed by atoms with Crippen LogP contribution in [0.5, 0.6) is 0 Å². The van der Waals surface area contributed by atoms with Gasteiger partial charge in [0, 0.05) is 143 Å². The Bertz CT molecular complexity index is 4840. The molecule has 0 aromatic heterocycles. The van der Waals surface area contributed by atoms with Crippen molar-refractivity contribution in [2.75, 3.05) is 79.3 Å². The number of anilines is 13. The molecule has 12 aliphatic rings. The summed E-state index contributed by atoms with van der Waals surface area (Å²) in [6.07, 6.45) is 12.8. The molecule has 10 aromatic carbocycles. The van der Waals surface area contributed by atoms with Crippen molar-refractivity contribution >= 4 is 85.7 Å². The van der Waals surface area contributed by atoms with E-state index in [0.717, 1.165) is 49.5 Å². The van der Waals surface area contributed by atoms with Crippen molar-refractivity contribution in [3.05, 3.63) is 297 Å². The van der Waals surface area contributed by atoms with Gasteiger partial charge in [0.25, 0.3) is 0 Å². The number of hydrogen-bond acceptors (Lipinski definition) is 12.